The largest absolute Gasteiger partial charge is 0.497 e. The number of rotatable bonds is 5. The van der Waals surface area contributed by atoms with Crippen LogP contribution in [0, 0.1) is 0 Å². The molecular formula is C20H17F3N4O3. The van der Waals surface area contributed by atoms with Gasteiger partial charge < -0.3 is 14.4 Å². The van der Waals surface area contributed by atoms with Crippen molar-refractivity contribution in [3.05, 3.63) is 59.9 Å². The normalized spacial score (nSPS) is 14.3. The van der Waals surface area contributed by atoms with Crippen molar-refractivity contribution in [1.82, 2.24) is 20.1 Å². The number of benzene rings is 1. The van der Waals surface area contributed by atoms with Gasteiger partial charge in [-0.25, -0.2) is 4.98 Å². The number of halogens is 3. The van der Waals surface area contributed by atoms with Gasteiger partial charge in [0.1, 0.15) is 23.1 Å². The molecule has 1 fully saturated rings. The van der Waals surface area contributed by atoms with Gasteiger partial charge in [0.05, 0.1) is 25.9 Å². The minimum absolute atomic E-state index is 0.153. The number of carbonyl (C=O) groups is 1. The molecule has 0 aliphatic carbocycles. The standard InChI is InChI=1S/C20H17F3N4O3/c1-29-13-5-2-4-12(8-13)16-9-17(26-25-16)19(28)27-10-14(11-27)30-18-15(20(21,22)23)6-3-7-24-18/h2-9,14H,10-11H2,1H3,(H,25,26). The first kappa shape index (κ1) is 19.7. The Hall–Kier alpha value is -3.56. The van der Waals surface area contributed by atoms with Gasteiger partial charge in [-0.1, -0.05) is 12.1 Å². The van der Waals surface area contributed by atoms with E-state index in [1.165, 1.54) is 17.2 Å². The van der Waals surface area contributed by atoms with Crippen LogP contribution in [0.3, 0.4) is 0 Å². The van der Waals surface area contributed by atoms with Gasteiger partial charge in [-0.15, -0.1) is 0 Å². The molecule has 10 heteroatoms. The van der Waals surface area contributed by atoms with E-state index in [0.29, 0.717) is 11.4 Å². The molecule has 3 heterocycles. The maximum Gasteiger partial charge on any atom is 0.421 e. The summed E-state index contributed by atoms with van der Waals surface area (Å²) >= 11 is 0. The summed E-state index contributed by atoms with van der Waals surface area (Å²) in [5, 5.41) is 6.86. The molecule has 0 radical (unpaired) electrons. The van der Waals surface area contributed by atoms with Crippen LogP contribution >= 0.6 is 0 Å². The number of hydrogen-bond acceptors (Lipinski definition) is 5. The van der Waals surface area contributed by atoms with Gasteiger partial charge in [0.25, 0.3) is 5.91 Å². The number of nitrogens with one attached hydrogen (secondary N) is 1. The number of hydrogen-bond donors (Lipinski definition) is 1. The molecule has 1 aliphatic rings. The lowest BCUT2D eigenvalue weighted by Crippen LogP contribution is -2.56. The second kappa shape index (κ2) is 7.69. The van der Waals surface area contributed by atoms with Crippen molar-refractivity contribution in [2.75, 3.05) is 20.2 Å². The first-order chi connectivity index (χ1) is 14.3. The monoisotopic (exact) mass is 418 g/mol. The average Bonchev–Trinajstić information content (AvgIpc) is 3.20. The van der Waals surface area contributed by atoms with E-state index < -0.39 is 23.7 Å². The van der Waals surface area contributed by atoms with Gasteiger partial charge in [-0.3, -0.25) is 9.89 Å². The maximum atomic E-state index is 13.0. The van der Waals surface area contributed by atoms with Crippen LogP contribution < -0.4 is 9.47 Å². The van der Waals surface area contributed by atoms with E-state index in [9.17, 15) is 18.0 Å². The van der Waals surface area contributed by atoms with Crippen molar-refractivity contribution in [3.63, 3.8) is 0 Å². The SMILES string of the molecule is COc1cccc(-c2cc(C(=O)N3CC(Oc4ncccc4C(F)(F)F)C3)[nH]n2)c1. The zero-order valence-corrected chi connectivity index (χ0v) is 15.8. The van der Waals surface area contributed by atoms with Crippen LogP contribution in [0.15, 0.2) is 48.7 Å². The molecule has 0 spiro atoms. The minimum Gasteiger partial charge on any atom is -0.497 e. The summed E-state index contributed by atoms with van der Waals surface area (Å²) in [7, 11) is 1.56. The Morgan fingerprint density at radius 3 is 2.73 bits per heavy atom. The van der Waals surface area contributed by atoms with Crippen molar-refractivity contribution in [2.45, 2.75) is 12.3 Å². The van der Waals surface area contributed by atoms with Gasteiger partial charge in [-0.2, -0.15) is 18.3 Å². The molecule has 3 aromatic rings. The molecular weight excluding hydrogens is 401 g/mol. The Balaban J connectivity index is 1.39. The maximum absolute atomic E-state index is 13.0. The van der Waals surface area contributed by atoms with Crippen LogP contribution in [0.5, 0.6) is 11.6 Å². The minimum atomic E-state index is -4.56. The second-order valence-electron chi connectivity index (χ2n) is 6.70. The first-order valence-electron chi connectivity index (χ1n) is 9.03. The molecule has 1 amide bonds. The lowest BCUT2D eigenvalue weighted by molar-refractivity contribution is -0.140. The zero-order chi connectivity index (χ0) is 21.3. The molecule has 0 atom stereocenters. The molecule has 156 valence electrons. The number of carbonyl (C=O) groups excluding carboxylic acids is 1. The van der Waals surface area contributed by atoms with Crippen LogP contribution in [-0.4, -0.2) is 52.3 Å². The van der Waals surface area contributed by atoms with E-state index in [2.05, 4.69) is 15.2 Å². The van der Waals surface area contributed by atoms with Crippen LogP contribution in [0.1, 0.15) is 16.1 Å². The van der Waals surface area contributed by atoms with E-state index in [-0.39, 0.29) is 24.7 Å². The Morgan fingerprint density at radius 2 is 2.00 bits per heavy atom. The highest BCUT2D eigenvalue weighted by Crippen LogP contribution is 2.35. The first-order valence-corrected chi connectivity index (χ1v) is 9.03. The van der Waals surface area contributed by atoms with Crippen LogP contribution in [0.2, 0.25) is 0 Å². The Morgan fingerprint density at radius 1 is 1.20 bits per heavy atom. The average molecular weight is 418 g/mol. The number of pyridine rings is 1. The highest BCUT2D eigenvalue weighted by atomic mass is 19.4. The number of ether oxygens (including phenoxy) is 2. The molecule has 0 unspecified atom stereocenters. The van der Waals surface area contributed by atoms with E-state index in [1.54, 1.807) is 25.3 Å². The third kappa shape index (κ3) is 3.93. The highest BCUT2D eigenvalue weighted by Gasteiger charge is 2.38. The smallest absolute Gasteiger partial charge is 0.421 e. The lowest BCUT2D eigenvalue weighted by atomic mass is 10.1. The van der Waals surface area contributed by atoms with Crippen LogP contribution in [-0.2, 0) is 6.18 Å². The molecule has 1 saturated heterocycles. The third-order valence-electron chi connectivity index (χ3n) is 4.66. The predicted molar refractivity (Wildman–Crippen MR) is 100 cm³/mol. The van der Waals surface area contributed by atoms with Crippen molar-refractivity contribution in [1.29, 1.82) is 0 Å². The number of amides is 1. The summed E-state index contributed by atoms with van der Waals surface area (Å²) in [6, 6.07) is 11.0. The third-order valence-corrected chi connectivity index (χ3v) is 4.66. The Kier molecular flexibility index (Phi) is 5.06. The van der Waals surface area contributed by atoms with Crippen molar-refractivity contribution < 1.29 is 27.4 Å². The Labute approximate surface area is 169 Å². The summed E-state index contributed by atoms with van der Waals surface area (Å²) < 4.78 is 49.6. The fourth-order valence-corrected chi connectivity index (χ4v) is 3.07. The number of methoxy groups -OCH3 is 1. The molecule has 4 rings (SSSR count). The number of alkyl halides is 3. The fraction of sp³-hybridized carbons (Fsp3) is 0.250. The van der Waals surface area contributed by atoms with Crippen molar-refractivity contribution in [2.24, 2.45) is 0 Å². The van der Waals surface area contributed by atoms with Crippen molar-refractivity contribution >= 4 is 5.91 Å². The topological polar surface area (TPSA) is 80.3 Å². The van der Waals surface area contributed by atoms with Crippen LogP contribution in [0.25, 0.3) is 11.3 Å². The molecule has 7 nitrogen and oxygen atoms in total. The second-order valence-corrected chi connectivity index (χ2v) is 6.70. The number of nitrogens with zero attached hydrogens (tertiary/aromatic N) is 3. The molecule has 1 N–H and O–H groups in total. The molecule has 0 bridgehead atoms. The fourth-order valence-electron chi connectivity index (χ4n) is 3.07. The quantitative estimate of drug-likeness (QED) is 0.687. The van der Waals surface area contributed by atoms with E-state index in [1.807, 2.05) is 12.1 Å². The lowest BCUT2D eigenvalue weighted by Gasteiger charge is -2.38. The van der Waals surface area contributed by atoms with E-state index in [4.69, 9.17) is 9.47 Å². The number of likely N-dealkylation sites (tertiary alicyclic amines) is 1. The summed E-state index contributed by atoms with van der Waals surface area (Å²) in [5.41, 5.74) is 0.699. The zero-order valence-electron chi connectivity index (χ0n) is 15.8. The Bertz CT molecular complexity index is 1060. The van der Waals surface area contributed by atoms with Gasteiger partial charge in [0, 0.05) is 11.8 Å². The molecule has 2 aromatic heterocycles. The van der Waals surface area contributed by atoms with Crippen LogP contribution in [0.4, 0.5) is 13.2 Å². The van der Waals surface area contributed by atoms with Gasteiger partial charge in [0.2, 0.25) is 5.88 Å². The van der Waals surface area contributed by atoms with E-state index >= 15 is 0 Å². The predicted octanol–water partition coefficient (Wildman–Crippen LogP) is 3.40. The molecule has 0 saturated carbocycles. The van der Waals surface area contributed by atoms with Gasteiger partial charge in [0.15, 0.2) is 0 Å². The van der Waals surface area contributed by atoms with Gasteiger partial charge in [-0.05, 0) is 30.3 Å². The summed E-state index contributed by atoms with van der Waals surface area (Å²) in [6.45, 7) is 0.306. The molecule has 30 heavy (non-hydrogen) atoms. The van der Waals surface area contributed by atoms with Crippen molar-refractivity contribution in [3.8, 4) is 22.9 Å². The highest BCUT2D eigenvalue weighted by molar-refractivity contribution is 5.94. The van der Waals surface area contributed by atoms with E-state index in [0.717, 1.165) is 11.6 Å². The van der Waals surface area contributed by atoms with Gasteiger partial charge >= 0.3 is 6.18 Å². The summed E-state index contributed by atoms with van der Waals surface area (Å²) in [5.74, 6) is -0.128. The summed E-state index contributed by atoms with van der Waals surface area (Å²) in [6.07, 6.45) is -3.89. The number of H-pyrrole nitrogens is 1. The molecule has 1 aromatic carbocycles. The number of aromatic nitrogens is 3. The molecule has 1 aliphatic heterocycles. The summed E-state index contributed by atoms with van der Waals surface area (Å²) in [4.78, 5) is 17.7. The number of aromatic amines is 1.